The lowest BCUT2D eigenvalue weighted by atomic mass is 10.1. The zero-order valence-corrected chi connectivity index (χ0v) is 10.4. The second-order valence-electron chi connectivity index (χ2n) is 4.34. The van der Waals surface area contributed by atoms with Gasteiger partial charge in [0.05, 0.1) is 0 Å². The smallest absolute Gasteiger partial charge is 0.148 e. The molecule has 1 aliphatic heterocycles. The molecule has 2 rings (SSSR count). The Morgan fingerprint density at radius 2 is 2.06 bits per heavy atom. The Balaban J connectivity index is 2.05. The Bertz CT molecular complexity index is 431. The van der Waals surface area contributed by atoms with Crippen molar-refractivity contribution in [2.45, 2.75) is 25.5 Å². The summed E-state index contributed by atoms with van der Waals surface area (Å²) in [4.78, 5) is 4.43. The third-order valence-electron chi connectivity index (χ3n) is 2.96. The number of ether oxygens (including phenoxy) is 1. The van der Waals surface area contributed by atoms with Gasteiger partial charge in [-0.15, -0.1) is 0 Å². The zero-order chi connectivity index (χ0) is 12.8. The summed E-state index contributed by atoms with van der Waals surface area (Å²) in [6, 6.07) is 7.57. The van der Waals surface area contributed by atoms with E-state index in [1.54, 1.807) is 12.4 Å². The molecule has 96 valence electrons. The Morgan fingerprint density at radius 3 is 2.67 bits per heavy atom. The lowest BCUT2D eigenvalue weighted by Crippen LogP contribution is -2.16. The monoisotopic (exact) mass is 245 g/mol. The number of hydrogen-bond donors (Lipinski definition) is 2. The predicted molar refractivity (Wildman–Crippen MR) is 75.1 cm³/mol. The number of nitrogen functional groups attached to an aromatic ring is 1. The lowest BCUT2D eigenvalue weighted by molar-refractivity contribution is 0.0227. The molecule has 4 nitrogen and oxygen atoms in total. The van der Waals surface area contributed by atoms with E-state index < -0.39 is 0 Å². The molecule has 18 heavy (non-hydrogen) atoms. The molecule has 0 radical (unpaired) electrons. The third kappa shape index (κ3) is 3.34. The molecular formula is C14H19N3O. The van der Waals surface area contributed by atoms with E-state index in [-0.39, 0.29) is 6.23 Å². The van der Waals surface area contributed by atoms with E-state index in [4.69, 9.17) is 16.2 Å². The minimum absolute atomic E-state index is 0.0255. The van der Waals surface area contributed by atoms with Crippen LogP contribution >= 0.6 is 0 Å². The highest BCUT2D eigenvalue weighted by molar-refractivity contribution is 6.09. The molecule has 0 saturated carbocycles. The maximum atomic E-state index is 5.65. The van der Waals surface area contributed by atoms with Crippen LogP contribution in [-0.4, -0.2) is 19.0 Å². The first kappa shape index (κ1) is 12.6. The van der Waals surface area contributed by atoms with Crippen LogP contribution in [0.2, 0.25) is 0 Å². The second kappa shape index (κ2) is 6.21. The average Bonchev–Trinajstić information content (AvgIpc) is 2.42. The second-order valence-corrected chi connectivity index (χ2v) is 4.34. The van der Waals surface area contributed by atoms with Gasteiger partial charge in [-0.05, 0) is 37.0 Å². The average molecular weight is 245 g/mol. The van der Waals surface area contributed by atoms with Gasteiger partial charge >= 0.3 is 0 Å². The summed E-state index contributed by atoms with van der Waals surface area (Å²) in [5, 5.41) is 0. The molecule has 1 aromatic carbocycles. The summed E-state index contributed by atoms with van der Waals surface area (Å²) in [6.45, 7) is 0.797. The van der Waals surface area contributed by atoms with Crippen molar-refractivity contribution < 1.29 is 4.74 Å². The van der Waals surface area contributed by atoms with Crippen LogP contribution in [0.5, 0.6) is 0 Å². The van der Waals surface area contributed by atoms with Gasteiger partial charge in [-0.3, -0.25) is 4.99 Å². The molecule has 1 aromatic rings. The van der Waals surface area contributed by atoms with Crippen molar-refractivity contribution in [1.82, 2.24) is 0 Å². The summed E-state index contributed by atoms with van der Waals surface area (Å²) >= 11 is 0. The van der Waals surface area contributed by atoms with Crippen LogP contribution in [0, 0.1) is 0 Å². The topological polar surface area (TPSA) is 73.6 Å². The van der Waals surface area contributed by atoms with Crippen molar-refractivity contribution >= 4 is 17.5 Å². The Morgan fingerprint density at radius 1 is 1.28 bits per heavy atom. The molecule has 4 N–H and O–H groups in total. The summed E-state index contributed by atoms with van der Waals surface area (Å²) in [7, 11) is 0. The number of hydrogen-bond acceptors (Lipinski definition) is 4. The SMILES string of the molecule is NC=C(C=NC1CCCCO1)c1ccc(N)cc1. The Kier molecular flexibility index (Phi) is 4.36. The molecule has 1 saturated heterocycles. The number of aliphatic imine (C=N–C) groups is 1. The van der Waals surface area contributed by atoms with Crippen molar-refractivity contribution in [3.8, 4) is 0 Å². The number of nitrogens with zero attached hydrogens (tertiary/aromatic N) is 1. The van der Waals surface area contributed by atoms with Gasteiger partial charge in [0.25, 0.3) is 0 Å². The summed E-state index contributed by atoms with van der Waals surface area (Å²) in [5.41, 5.74) is 13.9. The summed E-state index contributed by atoms with van der Waals surface area (Å²) in [5.74, 6) is 0. The van der Waals surface area contributed by atoms with E-state index in [0.29, 0.717) is 0 Å². The highest BCUT2D eigenvalue weighted by Gasteiger charge is 2.11. The summed E-state index contributed by atoms with van der Waals surface area (Å²) < 4.78 is 5.54. The van der Waals surface area contributed by atoms with E-state index in [0.717, 1.165) is 36.3 Å². The molecule has 0 amide bonds. The molecule has 1 fully saturated rings. The normalized spacial score (nSPS) is 21.3. The van der Waals surface area contributed by atoms with Crippen LogP contribution in [-0.2, 0) is 4.74 Å². The van der Waals surface area contributed by atoms with Gasteiger partial charge < -0.3 is 16.2 Å². The first-order valence-corrected chi connectivity index (χ1v) is 6.22. The molecular weight excluding hydrogens is 226 g/mol. The molecule has 0 spiro atoms. The quantitative estimate of drug-likeness (QED) is 0.633. The lowest BCUT2D eigenvalue weighted by Gasteiger charge is -2.18. The molecule has 0 aliphatic carbocycles. The third-order valence-corrected chi connectivity index (χ3v) is 2.96. The Labute approximate surface area is 107 Å². The highest BCUT2D eigenvalue weighted by Crippen LogP contribution is 2.16. The van der Waals surface area contributed by atoms with Crippen LogP contribution in [0.25, 0.3) is 5.57 Å². The number of rotatable bonds is 3. The van der Waals surface area contributed by atoms with Gasteiger partial charge in [0.15, 0.2) is 0 Å². The zero-order valence-electron chi connectivity index (χ0n) is 10.4. The van der Waals surface area contributed by atoms with E-state index in [1.165, 1.54) is 6.42 Å². The maximum Gasteiger partial charge on any atom is 0.148 e. The van der Waals surface area contributed by atoms with Gasteiger partial charge in [0.1, 0.15) is 6.23 Å². The molecule has 0 bridgehead atoms. The molecule has 4 heteroatoms. The predicted octanol–water partition coefficient (Wildman–Crippen LogP) is 2.17. The molecule has 0 aromatic heterocycles. The van der Waals surface area contributed by atoms with Crippen molar-refractivity contribution in [2.24, 2.45) is 10.7 Å². The fourth-order valence-corrected chi connectivity index (χ4v) is 1.89. The van der Waals surface area contributed by atoms with Gasteiger partial charge in [-0.25, -0.2) is 0 Å². The number of anilines is 1. The first-order chi connectivity index (χ1) is 8.79. The van der Waals surface area contributed by atoms with Crippen LogP contribution in [0.4, 0.5) is 5.69 Å². The fraction of sp³-hybridized carbons (Fsp3) is 0.357. The van der Waals surface area contributed by atoms with Crippen molar-refractivity contribution in [1.29, 1.82) is 0 Å². The van der Waals surface area contributed by atoms with E-state index in [9.17, 15) is 0 Å². The Hall–Kier alpha value is -1.81. The standard InChI is InChI=1S/C14H19N3O/c15-9-12(11-4-6-13(16)7-5-11)10-17-14-3-1-2-8-18-14/h4-7,9-10,14H,1-3,8,15-16H2. The molecule has 1 unspecified atom stereocenters. The summed E-state index contributed by atoms with van der Waals surface area (Å²) in [6.07, 6.45) is 6.59. The number of benzene rings is 1. The van der Waals surface area contributed by atoms with Crippen LogP contribution in [0.15, 0.2) is 35.5 Å². The first-order valence-electron chi connectivity index (χ1n) is 6.22. The highest BCUT2D eigenvalue weighted by atomic mass is 16.5. The largest absolute Gasteiger partial charge is 0.404 e. The number of nitrogens with two attached hydrogens (primary N) is 2. The number of allylic oxidation sites excluding steroid dienone is 1. The van der Waals surface area contributed by atoms with E-state index in [2.05, 4.69) is 4.99 Å². The van der Waals surface area contributed by atoms with E-state index >= 15 is 0 Å². The van der Waals surface area contributed by atoms with Gasteiger partial charge in [0.2, 0.25) is 0 Å². The molecule has 1 aliphatic rings. The maximum absolute atomic E-state index is 5.65. The minimum Gasteiger partial charge on any atom is -0.404 e. The minimum atomic E-state index is -0.0255. The van der Waals surface area contributed by atoms with E-state index in [1.807, 2.05) is 24.3 Å². The van der Waals surface area contributed by atoms with Crippen LogP contribution in [0.1, 0.15) is 24.8 Å². The van der Waals surface area contributed by atoms with Crippen molar-refractivity contribution in [2.75, 3.05) is 12.3 Å². The van der Waals surface area contributed by atoms with Crippen molar-refractivity contribution in [3.63, 3.8) is 0 Å². The molecule has 1 atom stereocenters. The van der Waals surface area contributed by atoms with Gasteiger partial charge in [0, 0.05) is 30.3 Å². The van der Waals surface area contributed by atoms with Crippen LogP contribution < -0.4 is 11.5 Å². The molecule has 1 heterocycles. The van der Waals surface area contributed by atoms with Crippen molar-refractivity contribution in [3.05, 3.63) is 36.0 Å². The van der Waals surface area contributed by atoms with Gasteiger partial charge in [-0.1, -0.05) is 12.1 Å². The van der Waals surface area contributed by atoms with Crippen LogP contribution in [0.3, 0.4) is 0 Å². The fourth-order valence-electron chi connectivity index (χ4n) is 1.89. The van der Waals surface area contributed by atoms with Gasteiger partial charge in [-0.2, -0.15) is 0 Å².